The molecule has 2 rings (SSSR count). The predicted molar refractivity (Wildman–Crippen MR) is 84.6 cm³/mol. The van der Waals surface area contributed by atoms with E-state index in [1.54, 1.807) is 0 Å². The fourth-order valence-electron chi connectivity index (χ4n) is 2.98. The Morgan fingerprint density at radius 3 is 2.70 bits per heavy atom. The maximum atomic E-state index is 4.33. The van der Waals surface area contributed by atoms with Crippen molar-refractivity contribution in [3.05, 3.63) is 30.1 Å². The summed E-state index contributed by atoms with van der Waals surface area (Å²) in [6.45, 7) is 7.83. The molecule has 1 aliphatic carbocycles. The van der Waals surface area contributed by atoms with Crippen LogP contribution in [0.5, 0.6) is 0 Å². The highest BCUT2D eigenvalue weighted by Crippen LogP contribution is 2.36. The summed E-state index contributed by atoms with van der Waals surface area (Å²) in [5.41, 5.74) is 1.68. The van der Waals surface area contributed by atoms with Gasteiger partial charge in [0.1, 0.15) is 0 Å². The summed E-state index contributed by atoms with van der Waals surface area (Å²) in [5.74, 6) is 0. The van der Waals surface area contributed by atoms with E-state index in [0.717, 1.165) is 31.4 Å². The van der Waals surface area contributed by atoms with Gasteiger partial charge in [0.05, 0.1) is 5.69 Å². The van der Waals surface area contributed by atoms with Gasteiger partial charge < -0.3 is 10.2 Å². The standard InChI is InChI=1S/C17H29N3/c1-17(2)9-7-16(8-10-17)20(3)13-12-18-14-15-6-4-5-11-19-15/h4-6,11,16,18H,7-10,12-14H2,1-3H3. The van der Waals surface area contributed by atoms with Gasteiger partial charge in [-0.3, -0.25) is 4.98 Å². The second kappa shape index (κ2) is 7.19. The summed E-state index contributed by atoms with van der Waals surface area (Å²) in [5, 5.41) is 3.48. The lowest BCUT2D eigenvalue weighted by atomic mass is 9.75. The van der Waals surface area contributed by atoms with Crippen LogP contribution in [0.3, 0.4) is 0 Å². The molecule has 1 aromatic heterocycles. The van der Waals surface area contributed by atoms with Crippen LogP contribution in [0, 0.1) is 5.41 Å². The summed E-state index contributed by atoms with van der Waals surface area (Å²) >= 11 is 0. The van der Waals surface area contributed by atoms with E-state index in [9.17, 15) is 0 Å². The first-order valence-electron chi connectivity index (χ1n) is 7.88. The molecule has 0 atom stereocenters. The minimum atomic E-state index is 0.564. The third kappa shape index (κ3) is 4.88. The fraction of sp³-hybridized carbons (Fsp3) is 0.706. The molecule has 1 fully saturated rings. The number of hydrogen-bond donors (Lipinski definition) is 1. The van der Waals surface area contributed by atoms with Crippen molar-refractivity contribution in [2.75, 3.05) is 20.1 Å². The van der Waals surface area contributed by atoms with Crippen molar-refractivity contribution in [2.45, 2.75) is 52.1 Å². The Balaban J connectivity index is 1.62. The number of nitrogens with zero attached hydrogens (tertiary/aromatic N) is 2. The van der Waals surface area contributed by atoms with Crippen LogP contribution in [-0.2, 0) is 6.54 Å². The van der Waals surface area contributed by atoms with Crippen molar-refractivity contribution in [1.82, 2.24) is 15.2 Å². The number of aromatic nitrogens is 1. The van der Waals surface area contributed by atoms with Crippen molar-refractivity contribution >= 4 is 0 Å². The summed E-state index contributed by atoms with van der Waals surface area (Å²) in [6.07, 6.45) is 7.28. The van der Waals surface area contributed by atoms with Gasteiger partial charge in [-0.2, -0.15) is 0 Å². The zero-order valence-corrected chi connectivity index (χ0v) is 13.2. The Bertz CT molecular complexity index is 378. The monoisotopic (exact) mass is 275 g/mol. The van der Waals surface area contributed by atoms with E-state index < -0.39 is 0 Å². The van der Waals surface area contributed by atoms with Gasteiger partial charge >= 0.3 is 0 Å². The average molecular weight is 275 g/mol. The Kier molecular flexibility index (Phi) is 5.55. The lowest BCUT2D eigenvalue weighted by molar-refractivity contribution is 0.128. The van der Waals surface area contributed by atoms with Crippen LogP contribution in [0.1, 0.15) is 45.2 Å². The van der Waals surface area contributed by atoms with E-state index in [1.807, 2.05) is 18.3 Å². The van der Waals surface area contributed by atoms with Crippen LogP contribution in [0.25, 0.3) is 0 Å². The molecule has 1 saturated carbocycles. The molecule has 1 aromatic rings. The van der Waals surface area contributed by atoms with E-state index in [1.165, 1.54) is 25.7 Å². The van der Waals surface area contributed by atoms with Gasteiger partial charge in [0.25, 0.3) is 0 Å². The van der Waals surface area contributed by atoms with Gasteiger partial charge in [-0.15, -0.1) is 0 Å². The normalized spacial score (nSPS) is 19.4. The molecule has 0 radical (unpaired) electrons. The smallest absolute Gasteiger partial charge is 0.0541 e. The van der Waals surface area contributed by atoms with Crippen LogP contribution in [0.2, 0.25) is 0 Å². The van der Waals surface area contributed by atoms with Gasteiger partial charge in [-0.05, 0) is 50.3 Å². The Morgan fingerprint density at radius 2 is 2.05 bits per heavy atom. The van der Waals surface area contributed by atoms with Crippen LogP contribution >= 0.6 is 0 Å². The molecular formula is C17H29N3. The summed E-state index contributed by atoms with van der Waals surface area (Å²) in [4.78, 5) is 6.85. The second-order valence-corrected chi connectivity index (χ2v) is 6.87. The second-order valence-electron chi connectivity index (χ2n) is 6.87. The van der Waals surface area contributed by atoms with Crippen LogP contribution in [0.4, 0.5) is 0 Å². The highest BCUT2D eigenvalue weighted by Gasteiger charge is 2.28. The molecule has 0 aliphatic heterocycles. The molecule has 3 nitrogen and oxygen atoms in total. The lowest BCUT2D eigenvalue weighted by Gasteiger charge is -2.38. The van der Waals surface area contributed by atoms with Crippen molar-refractivity contribution in [3.63, 3.8) is 0 Å². The SMILES string of the molecule is CN(CCNCc1ccccn1)C1CCC(C)(C)CC1. The van der Waals surface area contributed by atoms with Gasteiger partial charge in [-0.25, -0.2) is 0 Å². The Morgan fingerprint density at radius 1 is 1.30 bits per heavy atom. The van der Waals surface area contributed by atoms with Gasteiger partial charge in [0.2, 0.25) is 0 Å². The first-order chi connectivity index (χ1) is 9.57. The molecule has 1 aliphatic rings. The summed E-state index contributed by atoms with van der Waals surface area (Å²) in [6, 6.07) is 6.85. The topological polar surface area (TPSA) is 28.2 Å². The molecular weight excluding hydrogens is 246 g/mol. The van der Waals surface area contributed by atoms with Gasteiger partial charge in [-0.1, -0.05) is 19.9 Å². The van der Waals surface area contributed by atoms with E-state index in [2.05, 4.69) is 42.2 Å². The quantitative estimate of drug-likeness (QED) is 0.809. The fourth-order valence-corrected chi connectivity index (χ4v) is 2.98. The number of rotatable bonds is 6. The molecule has 0 amide bonds. The zero-order valence-electron chi connectivity index (χ0n) is 13.2. The molecule has 20 heavy (non-hydrogen) atoms. The third-order valence-corrected chi connectivity index (χ3v) is 4.61. The van der Waals surface area contributed by atoms with E-state index in [0.29, 0.717) is 5.41 Å². The summed E-state index contributed by atoms with van der Waals surface area (Å²) < 4.78 is 0. The minimum absolute atomic E-state index is 0.564. The van der Waals surface area contributed by atoms with E-state index in [-0.39, 0.29) is 0 Å². The molecule has 0 spiro atoms. The minimum Gasteiger partial charge on any atom is -0.310 e. The van der Waals surface area contributed by atoms with E-state index in [4.69, 9.17) is 0 Å². The highest BCUT2D eigenvalue weighted by atomic mass is 15.1. The first kappa shape index (κ1) is 15.5. The molecule has 1 N–H and O–H groups in total. The molecule has 1 heterocycles. The molecule has 0 saturated heterocycles. The molecule has 0 unspecified atom stereocenters. The molecule has 3 heteroatoms. The Hall–Kier alpha value is -0.930. The number of likely N-dealkylation sites (N-methyl/N-ethyl adjacent to an activating group) is 1. The first-order valence-corrected chi connectivity index (χ1v) is 7.88. The van der Waals surface area contributed by atoms with Crippen LogP contribution in [-0.4, -0.2) is 36.1 Å². The maximum Gasteiger partial charge on any atom is 0.0541 e. The van der Waals surface area contributed by atoms with Crippen molar-refractivity contribution in [2.24, 2.45) is 5.41 Å². The third-order valence-electron chi connectivity index (χ3n) is 4.61. The van der Waals surface area contributed by atoms with Crippen LogP contribution < -0.4 is 5.32 Å². The van der Waals surface area contributed by atoms with Crippen molar-refractivity contribution in [1.29, 1.82) is 0 Å². The van der Waals surface area contributed by atoms with Crippen molar-refractivity contribution in [3.8, 4) is 0 Å². The molecule has 112 valence electrons. The number of hydrogen-bond acceptors (Lipinski definition) is 3. The Labute approximate surface area is 123 Å². The number of nitrogens with one attached hydrogen (secondary N) is 1. The largest absolute Gasteiger partial charge is 0.310 e. The predicted octanol–water partition coefficient (Wildman–Crippen LogP) is 3.07. The zero-order chi connectivity index (χ0) is 14.4. The lowest BCUT2D eigenvalue weighted by Crippen LogP contribution is -2.40. The highest BCUT2D eigenvalue weighted by molar-refractivity contribution is 5.02. The molecule has 0 bridgehead atoms. The molecule has 0 aromatic carbocycles. The maximum absolute atomic E-state index is 4.33. The van der Waals surface area contributed by atoms with Crippen molar-refractivity contribution < 1.29 is 0 Å². The number of pyridine rings is 1. The van der Waals surface area contributed by atoms with Crippen LogP contribution in [0.15, 0.2) is 24.4 Å². The average Bonchev–Trinajstić information content (AvgIpc) is 2.44. The van der Waals surface area contributed by atoms with E-state index >= 15 is 0 Å². The van der Waals surface area contributed by atoms with Gasteiger partial charge in [0, 0.05) is 31.9 Å². The summed E-state index contributed by atoms with van der Waals surface area (Å²) in [7, 11) is 2.27. The van der Waals surface area contributed by atoms with Gasteiger partial charge in [0.15, 0.2) is 0 Å².